The third-order valence-electron chi connectivity index (χ3n) is 2.46. The summed E-state index contributed by atoms with van der Waals surface area (Å²) in [5.74, 6) is 0. The van der Waals surface area contributed by atoms with Gasteiger partial charge in [0.2, 0.25) is 5.56 Å². The van der Waals surface area contributed by atoms with Crippen molar-refractivity contribution in [1.29, 1.82) is 0 Å². The Kier molecular flexibility index (Phi) is 2.65. The second-order valence-corrected chi connectivity index (χ2v) is 3.48. The van der Waals surface area contributed by atoms with E-state index in [4.69, 9.17) is 4.74 Å². The zero-order chi connectivity index (χ0) is 9.97. The maximum absolute atomic E-state index is 11.0. The van der Waals surface area contributed by atoms with Crippen LogP contribution in [0.5, 0.6) is 0 Å². The highest BCUT2D eigenvalue weighted by Gasteiger charge is 2.16. The monoisotopic (exact) mass is 194 g/mol. The van der Waals surface area contributed by atoms with Crippen LogP contribution in [0.3, 0.4) is 0 Å². The number of rotatable bonds is 1. The first-order valence-corrected chi connectivity index (χ1v) is 4.78. The minimum absolute atomic E-state index is 0.0528. The molecule has 0 saturated carbocycles. The average Bonchev–Trinajstić information content (AvgIpc) is 2.19. The summed E-state index contributed by atoms with van der Waals surface area (Å²) in [6.45, 7) is 4.21. The van der Waals surface area contributed by atoms with Gasteiger partial charge in [-0.15, -0.1) is 0 Å². The van der Waals surface area contributed by atoms with Crippen LogP contribution in [0.2, 0.25) is 0 Å². The van der Waals surface area contributed by atoms with E-state index >= 15 is 0 Å². The molecule has 14 heavy (non-hydrogen) atoms. The standard InChI is InChI=1S/C10H14N2O2/c1-7-8(2-3-10(13)12-7)9-6-14-5-4-11-9/h2-3,9,11H,4-6H2,1H3,(H,12,13)/t9-/m0/s1. The molecule has 2 heterocycles. The van der Waals surface area contributed by atoms with Crippen LogP contribution in [0.15, 0.2) is 16.9 Å². The number of hydrogen-bond donors (Lipinski definition) is 2. The summed E-state index contributed by atoms with van der Waals surface area (Å²) in [5, 5.41) is 3.35. The Labute approximate surface area is 82.3 Å². The summed E-state index contributed by atoms with van der Waals surface area (Å²) >= 11 is 0. The van der Waals surface area contributed by atoms with Gasteiger partial charge in [-0.2, -0.15) is 0 Å². The molecule has 0 unspecified atom stereocenters. The van der Waals surface area contributed by atoms with E-state index in [0.717, 1.165) is 24.4 Å². The molecule has 0 amide bonds. The lowest BCUT2D eigenvalue weighted by molar-refractivity contribution is 0.0765. The van der Waals surface area contributed by atoms with Crippen molar-refractivity contribution in [3.05, 3.63) is 33.7 Å². The molecule has 1 aliphatic rings. The molecule has 0 spiro atoms. The van der Waals surface area contributed by atoms with Crippen molar-refractivity contribution in [1.82, 2.24) is 10.3 Å². The van der Waals surface area contributed by atoms with Gasteiger partial charge in [-0.05, 0) is 12.5 Å². The minimum atomic E-state index is -0.0528. The number of pyridine rings is 1. The van der Waals surface area contributed by atoms with E-state index in [2.05, 4.69) is 10.3 Å². The number of morpholine rings is 1. The van der Waals surface area contributed by atoms with Gasteiger partial charge in [-0.1, -0.05) is 6.07 Å². The van der Waals surface area contributed by atoms with Crippen molar-refractivity contribution in [2.75, 3.05) is 19.8 Å². The number of aryl methyl sites for hydroxylation is 1. The van der Waals surface area contributed by atoms with Gasteiger partial charge < -0.3 is 15.0 Å². The van der Waals surface area contributed by atoms with Crippen LogP contribution >= 0.6 is 0 Å². The van der Waals surface area contributed by atoms with E-state index in [1.165, 1.54) is 0 Å². The third-order valence-corrected chi connectivity index (χ3v) is 2.46. The Bertz CT molecular complexity index is 367. The largest absolute Gasteiger partial charge is 0.378 e. The Hall–Kier alpha value is -1.13. The van der Waals surface area contributed by atoms with Crippen LogP contribution in [0, 0.1) is 6.92 Å². The third kappa shape index (κ3) is 1.86. The summed E-state index contributed by atoms with van der Waals surface area (Å²) < 4.78 is 5.37. The van der Waals surface area contributed by atoms with Gasteiger partial charge >= 0.3 is 0 Å². The van der Waals surface area contributed by atoms with Crippen LogP contribution in [0.4, 0.5) is 0 Å². The van der Waals surface area contributed by atoms with Gasteiger partial charge in [0.15, 0.2) is 0 Å². The molecule has 0 radical (unpaired) electrons. The molecule has 4 nitrogen and oxygen atoms in total. The number of hydrogen-bond acceptors (Lipinski definition) is 3. The fraction of sp³-hybridized carbons (Fsp3) is 0.500. The fourth-order valence-corrected chi connectivity index (χ4v) is 1.73. The molecule has 1 atom stereocenters. The molecule has 2 N–H and O–H groups in total. The van der Waals surface area contributed by atoms with E-state index in [1.54, 1.807) is 6.07 Å². The Balaban J connectivity index is 2.26. The van der Waals surface area contributed by atoms with E-state index in [0.29, 0.717) is 6.61 Å². The summed E-state index contributed by atoms with van der Waals surface area (Å²) in [7, 11) is 0. The smallest absolute Gasteiger partial charge is 0.248 e. The molecule has 0 bridgehead atoms. The number of aromatic amines is 1. The molecule has 0 aliphatic carbocycles. The first kappa shape index (κ1) is 9.43. The molecule has 1 aromatic heterocycles. The lowest BCUT2D eigenvalue weighted by Gasteiger charge is -2.25. The molecule has 76 valence electrons. The summed E-state index contributed by atoms with van der Waals surface area (Å²) in [6, 6.07) is 3.62. The van der Waals surface area contributed by atoms with Gasteiger partial charge in [-0.3, -0.25) is 4.79 Å². The predicted octanol–water partition coefficient (Wildman–Crippen LogP) is 0.344. The van der Waals surface area contributed by atoms with E-state index < -0.39 is 0 Å². The van der Waals surface area contributed by atoms with Crippen molar-refractivity contribution >= 4 is 0 Å². The van der Waals surface area contributed by atoms with Crippen molar-refractivity contribution in [2.24, 2.45) is 0 Å². The Morgan fingerprint density at radius 1 is 1.50 bits per heavy atom. The number of ether oxygens (including phenoxy) is 1. The fourth-order valence-electron chi connectivity index (χ4n) is 1.73. The average molecular weight is 194 g/mol. The van der Waals surface area contributed by atoms with Gasteiger partial charge in [0.1, 0.15) is 0 Å². The Morgan fingerprint density at radius 2 is 2.36 bits per heavy atom. The first-order valence-electron chi connectivity index (χ1n) is 4.78. The summed E-state index contributed by atoms with van der Waals surface area (Å²) in [5.41, 5.74) is 1.98. The van der Waals surface area contributed by atoms with Crippen LogP contribution in [-0.4, -0.2) is 24.7 Å². The topological polar surface area (TPSA) is 54.1 Å². The van der Waals surface area contributed by atoms with Crippen LogP contribution in [0.25, 0.3) is 0 Å². The second kappa shape index (κ2) is 3.94. The highest BCUT2D eigenvalue weighted by atomic mass is 16.5. The normalized spacial score (nSPS) is 22.2. The van der Waals surface area contributed by atoms with Crippen LogP contribution in [-0.2, 0) is 4.74 Å². The van der Waals surface area contributed by atoms with E-state index in [1.807, 2.05) is 13.0 Å². The molecule has 1 fully saturated rings. The molecule has 4 heteroatoms. The van der Waals surface area contributed by atoms with Crippen LogP contribution in [0.1, 0.15) is 17.3 Å². The van der Waals surface area contributed by atoms with Crippen molar-refractivity contribution in [3.8, 4) is 0 Å². The highest BCUT2D eigenvalue weighted by Crippen LogP contribution is 2.16. The lowest BCUT2D eigenvalue weighted by atomic mass is 10.1. The van der Waals surface area contributed by atoms with Gasteiger partial charge in [0.05, 0.1) is 19.3 Å². The Morgan fingerprint density at radius 3 is 3.00 bits per heavy atom. The van der Waals surface area contributed by atoms with Crippen molar-refractivity contribution in [2.45, 2.75) is 13.0 Å². The molecular weight excluding hydrogens is 180 g/mol. The van der Waals surface area contributed by atoms with Gasteiger partial charge in [-0.25, -0.2) is 0 Å². The van der Waals surface area contributed by atoms with Crippen molar-refractivity contribution in [3.63, 3.8) is 0 Å². The lowest BCUT2D eigenvalue weighted by Crippen LogP contribution is -2.35. The molecule has 2 rings (SSSR count). The maximum Gasteiger partial charge on any atom is 0.248 e. The predicted molar refractivity (Wildman–Crippen MR) is 53.4 cm³/mol. The zero-order valence-corrected chi connectivity index (χ0v) is 8.17. The number of nitrogens with one attached hydrogen (secondary N) is 2. The van der Waals surface area contributed by atoms with Gasteiger partial charge in [0, 0.05) is 18.3 Å². The minimum Gasteiger partial charge on any atom is -0.378 e. The molecular formula is C10H14N2O2. The quantitative estimate of drug-likeness (QED) is 0.678. The molecule has 1 aromatic rings. The zero-order valence-electron chi connectivity index (χ0n) is 8.17. The van der Waals surface area contributed by atoms with Crippen LogP contribution < -0.4 is 10.9 Å². The second-order valence-electron chi connectivity index (χ2n) is 3.48. The van der Waals surface area contributed by atoms with E-state index in [-0.39, 0.29) is 11.6 Å². The van der Waals surface area contributed by atoms with Gasteiger partial charge in [0.25, 0.3) is 0 Å². The number of aromatic nitrogens is 1. The molecule has 1 saturated heterocycles. The molecule has 1 aliphatic heterocycles. The summed E-state index contributed by atoms with van der Waals surface area (Å²) in [6.07, 6.45) is 0. The van der Waals surface area contributed by atoms with E-state index in [9.17, 15) is 4.79 Å². The molecule has 0 aromatic carbocycles. The summed E-state index contributed by atoms with van der Waals surface area (Å²) in [4.78, 5) is 13.8. The first-order chi connectivity index (χ1) is 6.77. The SMILES string of the molecule is Cc1[nH]c(=O)ccc1[C@@H]1COCCN1. The maximum atomic E-state index is 11.0. The van der Waals surface area contributed by atoms with Crippen molar-refractivity contribution < 1.29 is 4.74 Å². The highest BCUT2D eigenvalue weighted by molar-refractivity contribution is 5.22. The number of H-pyrrole nitrogens is 1.